The number of hydrogen-bond acceptors (Lipinski definition) is 0. The lowest BCUT2D eigenvalue weighted by atomic mass is 9.96. The molecule has 0 fully saturated rings. The molecule has 0 spiro atoms. The average molecular weight is 281 g/mol. The molecular formula is C20H40. The molecule has 0 nitrogen and oxygen atoms in total. The van der Waals surface area contributed by atoms with E-state index in [0.717, 1.165) is 5.92 Å². The molecule has 0 aliphatic carbocycles. The van der Waals surface area contributed by atoms with Gasteiger partial charge in [-0.15, -0.1) is 0 Å². The molecule has 0 aromatic heterocycles. The molecule has 120 valence electrons. The topological polar surface area (TPSA) is 0 Å². The monoisotopic (exact) mass is 280 g/mol. The Balaban J connectivity index is 3.16. The summed E-state index contributed by atoms with van der Waals surface area (Å²) in [5, 5.41) is 0. The van der Waals surface area contributed by atoms with E-state index in [4.69, 9.17) is 0 Å². The van der Waals surface area contributed by atoms with Crippen molar-refractivity contribution in [2.45, 2.75) is 111 Å². The molecule has 20 heavy (non-hydrogen) atoms. The minimum absolute atomic E-state index is 0.959. The van der Waals surface area contributed by atoms with Crippen molar-refractivity contribution in [1.82, 2.24) is 0 Å². The summed E-state index contributed by atoms with van der Waals surface area (Å²) in [6.07, 6.45) is 24.4. The van der Waals surface area contributed by atoms with Crippen molar-refractivity contribution in [1.29, 1.82) is 0 Å². The summed E-state index contributed by atoms with van der Waals surface area (Å²) in [7, 11) is 0. The van der Waals surface area contributed by atoms with E-state index in [2.05, 4.69) is 32.9 Å². The van der Waals surface area contributed by atoms with Crippen molar-refractivity contribution >= 4 is 0 Å². The molecule has 0 rings (SSSR count). The van der Waals surface area contributed by atoms with Gasteiger partial charge in [0.1, 0.15) is 0 Å². The van der Waals surface area contributed by atoms with Crippen LogP contribution in [0.4, 0.5) is 0 Å². The van der Waals surface area contributed by atoms with Crippen LogP contribution in [0.2, 0.25) is 0 Å². The summed E-state index contributed by atoms with van der Waals surface area (Å²) in [5.41, 5.74) is 0. The number of rotatable bonds is 15. The number of unbranched alkanes of at least 4 members (excludes halogenated alkanes) is 9. The maximum Gasteiger partial charge on any atom is -0.0351 e. The van der Waals surface area contributed by atoms with Crippen molar-refractivity contribution in [2.24, 2.45) is 5.92 Å². The maximum absolute atomic E-state index is 2.45. The van der Waals surface area contributed by atoms with Gasteiger partial charge in [-0.2, -0.15) is 0 Å². The highest BCUT2D eigenvalue weighted by atomic mass is 14.1. The first-order valence-electron chi connectivity index (χ1n) is 9.46. The second-order valence-electron chi connectivity index (χ2n) is 6.56. The van der Waals surface area contributed by atoms with E-state index in [1.165, 1.54) is 89.9 Å². The molecule has 0 amide bonds. The van der Waals surface area contributed by atoms with Gasteiger partial charge in [-0.25, -0.2) is 0 Å². The second kappa shape index (κ2) is 16.8. The van der Waals surface area contributed by atoms with Crippen LogP contribution >= 0.6 is 0 Å². The summed E-state index contributed by atoms with van der Waals surface area (Å²) >= 11 is 0. The largest absolute Gasteiger partial charge is 0.0885 e. The van der Waals surface area contributed by atoms with Gasteiger partial charge in [0, 0.05) is 0 Å². The van der Waals surface area contributed by atoms with Crippen LogP contribution in [0.25, 0.3) is 0 Å². The first kappa shape index (κ1) is 19.7. The predicted octanol–water partition coefficient (Wildman–Crippen LogP) is 7.68. The molecule has 0 aromatic carbocycles. The van der Waals surface area contributed by atoms with Gasteiger partial charge in [0.2, 0.25) is 0 Å². The SMILES string of the molecule is CCCC=CCCCCCCC(C)CCCCCCC. The van der Waals surface area contributed by atoms with Crippen molar-refractivity contribution in [3.8, 4) is 0 Å². The van der Waals surface area contributed by atoms with E-state index in [1.54, 1.807) is 0 Å². The third-order valence-corrected chi connectivity index (χ3v) is 4.24. The van der Waals surface area contributed by atoms with Crippen LogP contribution in [-0.2, 0) is 0 Å². The Bertz CT molecular complexity index is 192. The van der Waals surface area contributed by atoms with Crippen molar-refractivity contribution in [2.75, 3.05) is 0 Å². The zero-order chi connectivity index (χ0) is 14.9. The van der Waals surface area contributed by atoms with Gasteiger partial charge >= 0.3 is 0 Å². The molecule has 0 bridgehead atoms. The van der Waals surface area contributed by atoms with Gasteiger partial charge in [0.15, 0.2) is 0 Å². The van der Waals surface area contributed by atoms with E-state index >= 15 is 0 Å². The molecule has 0 aromatic rings. The van der Waals surface area contributed by atoms with Crippen LogP contribution in [0.15, 0.2) is 12.2 Å². The quantitative estimate of drug-likeness (QED) is 0.213. The fourth-order valence-electron chi connectivity index (χ4n) is 2.75. The third kappa shape index (κ3) is 15.8. The van der Waals surface area contributed by atoms with E-state index in [0.29, 0.717) is 0 Å². The van der Waals surface area contributed by atoms with Gasteiger partial charge in [0.05, 0.1) is 0 Å². The standard InChI is InChI=1S/C20H40/c1-4-6-8-10-11-12-13-15-17-19-20(3)18-16-14-9-7-5-2/h8,10,20H,4-7,9,11-19H2,1-3H3. The molecule has 0 aliphatic rings. The highest BCUT2D eigenvalue weighted by molar-refractivity contribution is 4.80. The van der Waals surface area contributed by atoms with Crippen molar-refractivity contribution < 1.29 is 0 Å². The lowest BCUT2D eigenvalue weighted by Gasteiger charge is -2.10. The number of allylic oxidation sites excluding steroid dienone is 2. The number of hydrogen-bond donors (Lipinski definition) is 0. The summed E-state index contributed by atoms with van der Waals surface area (Å²) < 4.78 is 0. The normalized spacial score (nSPS) is 13.2. The minimum Gasteiger partial charge on any atom is -0.0885 e. The van der Waals surface area contributed by atoms with Crippen LogP contribution < -0.4 is 0 Å². The molecule has 0 saturated carbocycles. The first-order valence-corrected chi connectivity index (χ1v) is 9.46. The Morgan fingerprint density at radius 3 is 1.75 bits per heavy atom. The second-order valence-corrected chi connectivity index (χ2v) is 6.56. The smallest absolute Gasteiger partial charge is 0.0351 e. The Hall–Kier alpha value is -0.260. The molecule has 0 radical (unpaired) electrons. The molecule has 1 atom stereocenters. The summed E-state index contributed by atoms with van der Waals surface area (Å²) in [4.78, 5) is 0. The van der Waals surface area contributed by atoms with E-state index < -0.39 is 0 Å². The molecule has 0 heterocycles. The molecule has 0 aliphatic heterocycles. The van der Waals surface area contributed by atoms with Crippen LogP contribution in [0.3, 0.4) is 0 Å². The van der Waals surface area contributed by atoms with Crippen LogP contribution in [0, 0.1) is 5.92 Å². The lowest BCUT2D eigenvalue weighted by molar-refractivity contribution is 0.434. The summed E-state index contributed by atoms with van der Waals surface area (Å²) in [6, 6.07) is 0. The first-order chi connectivity index (χ1) is 9.81. The van der Waals surface area contributed by atoms with Crippen LogP contribution in [-0.4, -0.2) is 0 Å². The fourth-order valence-corrected chi connectivity index (χ4v) is 2.75. The average Bonchev–Trinajstić information content (AvgIpc) is 2.45. The van der Waals surface area contributed by atoms with Gasteiger partial charge in [-0.3, -0.25) is 0 Å². The maximum atomic E-state index is 2.45. The Morgan fingerprint density at radius 1 is 0.600 bits per heavy atom. The zero-order valence-corrected chi connectivity index (χ0v) is 14.6. The predicted molar refractivity (Wildman–Crippen MR) is 94.3 cm³/mol. The van der Waals surface area contributed by atoms with Gasteiger partial charge in [0.25, 0.3) is 0 Å². The van der Waals surface area contributed by atoms with E-state index in [1.807, 2.05) is 0 Å². The van der Waals surface area contributed by atoms with Crippen LogP contribution in [0.1, 0.15) is 111 Å². The Morgan fingerprint density at radius 2 is 1.15 bits per heavy atom. The third-order valence-electron chi connectivity index (χ3n) is 4.24. The Labute approximate surface area is 129 Å². The highest BCUT2D eigenvalue weighted by Crippen LogP contribution is 2.18. The van der Waals surface area contributed by atoms with Gasteiger partial charge < -0.3 is 0 Å². The van der Waals surface area contributed by atoms with Crippen LogP contribution in [0.5, 0.6) is 0 Å². The summed E-state index contributed by atoms with van der Waals surface area (Å²) in [5.74, 6) is 0.959. The molecule has 0 N–H and O–H groups in total. The van der Waals surface area contributed by atoms with Gasteiger partial charge in [-0.1, -0.05) is 104 Å². The molecule has 0 saturated heterocycles. The lowest BCUT2D eigenvalue weighted by Crippen LogP contribution is -1.95. The molecular weight excluding hydrogens is 240 g/mol. The highest BCUT2D eigenvalue weighted by Gasteiger charge is 2.01. The van der Waals surface area contributed by atoms with Gasteiger partial charge in [-0.05, 0) is 25.2 Å². The molecule has 0 heteroatoms. The van der Waals surface area contributed by atoms with E-state index in [-0.39, 0.29) is 0 Å². The fraction of sp³-hybridized carbons (Fsp3) is 0.900. The van der Waals surface area contributed by atoms with Crippen molar-refractivity contribution in [3.63, 3.8) is 0 Å². The summed E-state index contributed by atoms with van der Waals surface area (Å²) in [6.45, 7) is 6.99. The molecule has 1 unspecified atom stereocenters. The van der Waals surface area contributed by atoms with Crippen molar-refractivity contribution in [3.05, 3.63) is 12.2 Å². The zero-order valence-electron chi connectivity index (χ0n) is 14.6. The Kier molecular flexibility index (Phi) is 16.6. The minimum atomic E-state index is 0.959. The van der Waals surface area contributed by atoms with E-state index in [9.17, 15) is 0 Å².